The van der Waals surface area contributed by atoms with Crippen molar-refractivity contribution >= 4 is 5.96 Å². The maximum atomic E-state index is 8.29. The van der Waals surface area contributed by atoms with Gasteiger partial charge in [-0.1, -0.05) is 6.92 Å². The van der Waals surface area contributed by atoms with Crippen LogP contribution in [0.15, 0.2) is 4.99 Å². The summed E-state index contributed by atoms with van der Waals surface area (Å²) >= 11 is 0. The second-order valence-electron chi connectivity index (χ2n) is 3.66. The van der Waals surface area contributed by atoms with Gasteiger partial charge >= 0.3 is 0 Å². The van der Waals surface area contributed by atoms with Gasteiger partial charge in [0.05, 0.1) is 6.04 Å². The van der Waals surface area contributed by atoms with Crippen LogP contribution in [0.25, 0.3) is 0 Å². The van der Waals surface area contributed by atoms with Crippen LogP contribution in [0.4, 0.5) is 0 Å². The first-order valence-corrected chi connectivity index (χ1v) is 4.70. The van der Waals surface area contributed by atoms with Crippen molar-refractivity contribution in [1.29, 1.82) is 5.26 Å². The molecular weight excluding hydrogens is 164 g/mol. The zero-order valence-corrected chi connectivity index (χ0v) is 7.95. The summed E-state index contributed by atoms with van der Waals surface area (Å²) in [5.41, 5.74) is 5.47. The Morgan fingerprint density at radius 1 is 1.46 bits per heavy atom. The van der Waals surface area contributed by atoms with E-state index in [0.29, 0.717) is 6.04 Å². The minimum Gasteiger partial charge on any atom is -0.369 e. The minimum absolute atomic E-state index is 0.252. The van der Waals surface area contributed by atoms with Gasteiger partial charge in [-0.25, -0.2) is 4.99 Å². The van der Waals surface area contributed by atoms with E-state index in [2.05, 4.69) is 17.2 Å². The number of guanidine groups is 1. The number of nitrogens with two attached hydrogens (primary N) is 1. The maximum absolute atomic E-state index is 8.29. The summed E-state index contributed by atoms with van der Waals surface area (Å²) in [7, 11) is 0. The first kappa shape index (κ1) is 9.85. The third kappa shape index (κ3) is 3.32. The zero-order valence-electron chi connectivity index (χ0n) is 7.95. The highest BCUT2D eigenvalue weighted by Gasteiger charge is 2.17. The fourth-order valence-electron chi connectivity index (χ4n) is 1.66. The number of nitrogens with zero attached hydrogens (tertiary/aromatic N) is 2. The smallest absolute Gasteiger partial charge is 0.202 e. The summed E-state index contributed by atoms with van der Waals surface area (Å²) in [4.78, 5) is 4.22. The Bertz CT molecular complexity index is 220. The molecule has 3 N–H and O–H groups in total. The molecule has 4 nitrogen and oxygen atoms in total. The molecule has 0 heterocycles. The minimum atomic E-state index is 0.252. The van der Waals surface area contributed by atoms with Gasteiger partial charge in [0.2, 0.25) is 5.96 Å². The van der Waals surface area contributed by atoms with Crippen LogP contribution < -0.4 is 11.1 Å². The van der Waals surface area contributed by atoms with Gasteiger partial charge in [-0.05, 0) is 31.6 Å². The average Bonchev–Trinajstić information content (AvgIpc) is 2.09. The number of nitriles is 1. The second kappa shape index (κ2) is 4.70. The molecule has 0 bridgehead atoms. The lowest BCUT2D eigenvalue weighted by molar-refractivity contribution is 0.349. The van der Waals surface area contributed by atoms with Gasteiger partial charge in [-0.3, -0.25) is 5.32 Å². The first-order valence-electron chi connectivity index (χ1n) is 4.70. The van der Waals surface area contributed by atoms with Gasteiger partial charge in [-0.2, -0.15) is 5.26 Å². The summed E-state index contributed by atoms with van der Waals surface area (Å²) < 4.78 is 0. The molecule has 1 aliphatic rings. The molecule has 0 aromatic carbocycles. The molecule has 0 aromatic rings. The van der Waals surface area contributed by atoms with Crippen molar-refractivity contribution in [2.24, 2.45) is 16.6 Å². The van der Waals surface area contributed by atoms with E-state index in [-0.39, 0.29) is 5.96 Å². The summed E-state index contributed by atoms with van der Waals surface area (Å²) in [6.45, 7) is 2.26. The van der Waals surface area contributed by atoms with E-state index < -0.39 is 0 Å². The van der Waals surface area contributed by atoms with Crippen LogP contribution in [0.5, 0.6) is 0 Å². The van der Waals surface area contributed by atoms with Crippen LogP contribution in [0, 0.1) is 17.4 Å². The van der Waals surface area contributed by atoms with Gasteiger partial charge in [0, 0.05) is 0 Å². The molecule has 0 aliphatic heterocycles. The van der Waals surface area contributed by atoms with Crippen LogP contribution >= 0.6 is 0 Å². The molecule has 1 fully saturated rings. The highest BCUT2D eigenvalue weighted by atomic mass is 15.1. The molecule has 1 saturated carbocycles. The van der Waals surface area contributed by atoms with Crippen LogP contribution in [0.1, 0.15) is 32.6 Å². The Labute approximate surface area is 78.8 Å². The molecular formula is C9H16N4. The topological polar surface area (TPSA) is 74.2 Å². The Kier molecular flexibility index (Phi) is 3.56. The number of hydrogen-bond acceptors (Lipinski definition) is 2. The zero-order chi connectivity index (χ0) is 9.68. The van der Waals surface area contributed by atoms with Crippen molar-refractivity contribution in [3.63, 3.8) is 0 Å². The maximum Gasteiger partial charge on any atom is 0.202 e. The van der Waals surface area contributed by atoms with Gasteiger partial charge in [0.25, 0.3) is 0 Å². The molecule has 0 spiro atoms. The van der Waals surface area contributed by atoms with Crippen LogP contribution in [0.2, 0.25) is 0 Å². The predicted octanol–water partition coefficient (Wildman–Crippen LogP) is 0.950. The number of rotatable bonds is 1. The highest BCUT2D eigenvalue weighted by Crippen LogP contribution is 2.25. The molecule has 13 heavy (non-hydrogen) atoms. The number of hydrogen-bond donors (Lipinski definition) is 2. The van der Waals surface area contributed by atoms with Gasteiger partial charge < -0.3 is 5.73 Å². The molecule has 0 saturated heterocycles. The van der Waals surface area contributed by atoms with Gasteiger partial charge in [-0.15, -0.1) is 0 Å². The number of nitrogens with one attached hydrogen (secondary N) is 1. The predicted molar refractivity (Wildman–Crippen MR) is 51.8 cm³/mol. The fourth-order valence-corrected chi connectivity index (χ4v) is 1.66. The molecule has 0 aromatic heterocycles. The first-order chi connectivity index (χ1) is 6.22. The van der Waals surface area contributed by atoms with E-state index in [1.807, 2.05) is 0 Å². The van der Waals surface area contributed by atoms with Crippen molar-refractivity contribution in [2.75, 3.05) is 0 Å². The highest BCUT2D eigenvalue weighted by molar-refractivity contribution is 5.79. The SMILES string of the molecule is CC1CCC(N=C(N)NC#N)CC1. The van der Waals surface area contributed by atoms with Crippen LogP contribution in [0.3, 0.4) is 0 Å². The van der Waals surface area contributed by atoms with Crippen molar-refractivity contribution < 1.29 is 0 Å². The van der Waals surface area contributed by atoms with E-state index in [9.17, 15) is 0 Å². The standard InChI is InChI=1S/C9H16N4/c1-7-2-4-8(5-3-7)13-9(11)12-6-10/h7-8H,2-5H2,1H3,(H3,11,12,13). The van der Waals surface area contributed by atoms with E-state index >= 15 is 0 Å². The van der Waals surface area contributed by atoms with Crippen molar-refractivity contribution in [2.45, 2.75) is 38.6 Å². The molecule has 0 atom stereocenters. The van der Waals surface area contributed by atoms with Crippen LogP contribution in [-0.2, 0) is 0 Å². The number of aliphatic imine (C=N–C) groups is 1. The Balaban J connectivity index is 2.37. The molecule has 72 valence electrons. The molecule has 0 amide bonds. The van der Waals surface area contributed by atoms with E-state index in [1.165, 1.54) is 12.8 Å². The van der Waals surface area contributed by atoms with Crippen molar-refractivity contribution in [3.05, 3.63) is 0 Å². The molecule has 4 heteroatoms. The molecule has 1 rings (SSSR count). The van der Waals surface area contributed by atoms with Crippen LogP contribution in [-0.4, -0.2) is 12.0 Å². The monoisotopic (exact) mass is 180 g/mol. The fraction of sp³-hybridized carbons (Fsp3) is 0.778. The lowest BCUT2D eigenvalue weighted by Crippen LogP contribution is -2.30. The van der Waals surface area contributed by atoms with Crippen molar-refractivity contribution in [3.8, 4) is 6.19 Å². The largest absolute Gasteiger partial charge is 0.369 e. The molecule has 0 radical (unpaired) electrons. The Morgan fingerprint density at radius 2 is 2.08 bits per heavy atom. The van der Waals surface area contributed by atoms with E-state index in [4.69, 9.17) is 11.0 Å². The summed E-state index contributed by atoms with van der Waals surface area (Å²) in [5, 5.41) is 10.6. The quantitative estimate of drug-likeness (QED) is 0.273. The van der Waals surface area contributed by atoms with Gasteiger partial charge in [0.15, 0.2) is 6.19 Å². The lowest BCUT2D eigenvalue weighted by Gasteiger charge is -2.23. The summed E-state index contributed by atoms with van der Waals surface area (Å²) in [6.07, 6.45) is 6.38. The normalized spacial score (nSPS) is 29.4. The van der Waals surface area contributed by atoms with E-state index in [1.54, 1.807) is 6.19 Å². The summed E-state index contributed by atoms with van der Waals surface area (Å²) in [5.74, 6) is 1.07. The third-order valence-electron chi connectivity index (χ3n) is 2.49. The molecule has 1 aliphatic carbocycles. The van der Waals surface area contributed by atoms with E-state index in [0.717, 1.165) is 18.8 Å². The molecule has 0 unspecified atom stereocenters. The van der Waals surface area contributed by atoms with Crippen molar-refractivity contribution in [1.82, 2.24) is 5.32 Å². The summed E-state index contributed by atoms with van der Waals surface area (Å²) in [6, 6.07) is 0.317. The third-order valence-corrected chi connectivity index (χ3v) is 2.49. The van der Waals surface area contributed by atoms with Gasteiger partial charge in [0.1, 0.15) is 0 Å². The second-order valence-corrected chi connectivity index (χ2v) is 3.66. The Hall–Kier alpha value is -1.24. The Morgan fingerprint density at radius 3 is 2.62 bits per heavy atom. The lowest BCUT2D eigenvalue weighted by atomic mass is 9.88. The average molecular weight is 180 g/mol.